The summed E-state index contributed by atoms with van der Waals surface area (Å²) in [6.45, 7) is 0.343. The number of nitrogens with two attached hydrogens (primary N) is 1. The Morgan fingerprint density at radius 1 is 1.61 bits per heavy atom. The molecule has 0 radical (unpaired) electrons. The molecule has 1 aromatic heterocycles. The molecule has 5 nitrogen and oxygen atoms in total. The van der Waals surface area contributed by atoms with Crippen molar-refractivity contribution >= 4 is 23.1 Å². The Kier molecular flexibility index (Phi) is 3.96. The van der Waals surface area contributed by atoms with Crippen LogP contribution in [0.5, 0.6) is 0 Å². The van der Waals surface area contributed by atoms with Crippen molar-refractivity contribution in [3.63, 3.8) is 0 Å². The molecule has 2 rings (SSSR count). The molecule has 6 heteroatoms. The Morgan fingerprint density at radius 2 is 2.28 bits per heavy atom. The van der Waals surface area contributed by atoms with Gasteiger partial charge in [-0.15, -0.1) is 0 Å². The maximum absolute atomic E-state index is 12.4. The standard InChI is InChI=1S/C12H18N4OS/c1-15-6-10(14-8-15)12(17)16(7-11(13)18)9-4-2-3-5-9/h6,8-9H,2-5,7H2,1H3,(H2,13,18). The summed E-state index contributed by atoms with van der Waals surface area (Å²) >= 11 is 4.94. The monoisotopic (exact) mass is 266 g/mol. The van der Waals surface area contributed by atoms with Gasteiger partial charge in [-0.3, -0.25) is 4.79 Å². The summed E-state index contributed by atoms with van der Waals surface area (Å²) in [4.78, 5) is 18.6. The van der Waals surface area contributed by atoms with Gasteiger partial charge in [-0.1, -0.05) is 25.1 Å². The molecule has 0 aromatic carbocycles. The fourth-order valence-corrected chi connectivity index (χ4v) is 2.56. The van der Waals surface area contributed by atoms with Crippen LogP contribution in [0.3, 0.4) is 0 Å². The molecule has 0 aliphatic heterocycles. The zero-order valence-electron chi connectivity index (χ0n) is 10.5. The number of hydrogen-bond acceptors (Lipinski definition) is 3. The number of carbonyl (C=O) groups excluding carboxylic acids is 1. The van der Waals surface area contributed by atoms with Crippen molar-refractivity contribution in [1.82, 2.24) is 14.5 Å². The van der Waals surface area contributed by atoms with Crippen molar-refractivity contribution in [2.24, 2.45) is 12.8 Å². The van der Waals surface area contributed by atoms with E-state index in [9.17, 15) is 4.79 Å². The Balaban J connectivity index is 2.17. The molecule has 18 heavy (non-hydrogen) atoms. The summed E-state index contributed by atoms with van der Waals surface area (Å²) in [6, 6.07) is 0.251. The van der Waals surface area contributed by atoms with E-state index in [1.807, 2.05) is 7.05 Å². The lowest BCUT2D eigenvalue weighted by Crippen LogP contribution is -2.43. The van der Waals surface area contributed by atoms with Crippen LogP contribution in [0.1, 0.15) is 36.2 Å². The molecule has 1 aromatic rings. The third-order valence-corrected chi connectivity index (χ3v) is 3.41. The maximum Gasteiger partial charge on any atom is 0.274 e. The highest BCUT2D eigenvalue weighted by atomic mass is 32.1. The van der Waals surface area contributed by atoms with E-state index < -0.39 is 0 Å². The van der Waals surface area contributed by atoms with Gasteiger partial charge in [0.1, 0.15) is 5.69 Å². The van der Waals surface area contributed by atoms with Gasteiger partial charge < -0.3 is 15.2 Å². The van der Waals surface area contributed by atoms with E-state index in [0.717, 1.165) is 25.7 Å². The van der Waals surface area contributed by atoms with Gasteiger partial charge in [0.15, 0.2) is 0 Å². The number of hydrogen-bond donors (Lipinski definition) is 1. The topological polar surface area (TPSA) is 64.2 Å². The highest BCUT2D eigenvalue weighted by Gasteiger charge is 2.28. The van der Waals surface area contributed by atoms with Crippen LogP contribution in [-0.2, 0) is 7.05 Å². The summed E-state index contributed by atoms with van der Waals surface area (Å²) in [6.07, 6.45) is 7.73. The molecule has 1 saturated carbocycles. The molecular weight excluding hydrogens is 248 g/mol. The molecule has 0 atom stereocenters. The van der Waals surface area contributed by atoms with Crippen LogP contribution in [0, 0.1) is 0 Å². The summed E-state index contributed by atoms with van der Waals surface area (Å²) in [5, 5.41) is 0. The van der Waals surface area contributed by atoms with Crippen molar-refractivity contribution in [2.75, 3.05) is 6.54 Å². The average molecular weight is 266 g/mol. The van der Waals surface area contributed by atoms with Gasteiger partial charge in [0.05, 0.1) is 17.9 Å². The number of aryl methyl sites for hydroxylation is 1. The van der Waals surface area contributed by atoms with Crippen LogP contribution in [0.4, 0.5) is 0 Å². The SMILES string of the molecule is Cn1cnc(C(=O)N(CC(N)=S)C2CCCC2)c1. The quantitative estimate of drug-likeness (QED) is 0.829. The summed E-state index contributed by atoms with van der Waals surface area (Å²) in [5.41, 5.74) is 6.05. The van der Waals surface area contributed by atoms with Crippen LogP contribution in [0.25, 0.3) is 0 Å². The van der Waals surface area contributed by atoms with Crippen molar-refractivity contribution in [3.8, 4) is 0 Å². The number of thiocarbonyl (C=S) groups is 1. The van der Waals surface area contributed by atoms with Gasteiger partial charge in [-0.25, -0.2) is 4.98 Å². The Morgan fingerprint density at radius 3 is 2.78 bits per heavy atom. The smallest absolute Gasteiger partial charge is 0.274 e. The van der Waals surface area contributed by atoms with E-state index in [1.165, 1.54) is 0 Å². The molecule has 1 aliphatic rings. The lowest BCUT2D eigenvalue weighted by Gasteiger charge is -2.27. The zero-order valence-corrected chi connectivity index (χ0v) is 11.3. The lowest BCUT2D eigenvalue weighted by atomic mass is 10.2. The van der Waals surface area contributed by atoms with E-state index in [2.05, 4.69) is 4.98 Å². The van der Waals surface area contributed by atoms with Crippen molar-refractivity contribution in [2.45, 2.75) is 31.7 Å². The third-order valence-electron chi connectivity index (χ3n) is 3.28. The molecule has 0 saturated heterocycles. The molecule has 1 amide bonds. The summed E-state index contributed by atoms with van der Waals surface area (Å²) < 4.78 is 1.76. The second kappa shape index (κ2) is 5.48. The zero-order chi connectivity index (χ0) is 13.1. The highest BCUT2D eigenvalue weighted by Crippen LogP contribution is 2.24. The molecule has 1 fully saturated rings. The van der Waals surface area contributed by atoms with Crippen LogP contribution in [0.2, 0.25) is 0 Å². The number of carbonyl (C=O) groups is 1. The molecule has 2 N–H and O–H groups in total. The first kappa shape index (κ1) is 13.0. The third kappa shape index (κ3) is 2.87. The van der Waals surface area contributed by atoms with Gasteiger partial charge in [0.2, 0.25) is 0 Å². The lowest BCUT2D eigenvalue weighted by molar-refractivity contribution is 0.0709. The first-order valence-corrected chi connectivity index (χ1v) is 6.56. The Hall–Kier alpha value is -1.43. The molecule has 1 heterocycles. The number of amides is 1. The normalized spacial score (nSPS) is 15.8. The average Bonchev–Trinajstić information content (AvgIpc) is 2.95. The second-order valence-corrected chi connectivity index (χ2v) is 5.29. The highest BCUT2D eigenvalue weighted by molar-refractivity contribution is 7.80. The van der Waals surface area contributed by atoms with Gasteiger partial charge in [0.25, 0.3) is 5.91 Å². The summed E-state index contributed by atoms with van der Waals surface area (Å²) in [5.74, 6) is -0.0738. The number of rotatable bonds is 4. The first-order valence-electron chi connectivity index (χ1n) is 6.15. The molecule has 0 bridgehead atoms. The number of imidazole rings is 1. The van der Waals surface area contributed by atoms with Crippen molar-refractivity contribution in [1.29, 1.82) is 0 Å². The van der Waals surface area contributed by atoms with Crippen LogP contribution >= 0.6 is 12.2 Å². The second-order valence-electron chi connectivity index (χ2n) is 4.76. The van der Waals surface area contributed by atoms with E-state index >= 15 is 0 Å². The van der Waals surface area contributed by atoms with E-state index in [4.69, 9.17) is 18.0 Å². The molecule has 0 spiro atoms. The van der Waals surface area contributed by atoms with Gasteiger partial charge in [0, 0.05) is 19.3 Å². The molecule has 0 unspecified atom stereocenters. The maximum atomic E-state index is 12.4. The summed E-state index contributed by atoms with van der Waals surface area (Å²) in [7, 11) is 1.84. The van der Waals surface area contributed by atoms with Crippen molar-refractivity contribution in [3.05, 3.63) is 18.2 Å². The minimum Gasteiger partial charge on any atom is -0.392 e. The molecule has 98 valence electrons. The first-order chi connectivity index (χ1) is 8.58. The number of aromatic nitrogens is 2. The Labute approximate surface area is 112 Å². The van der Waals surface area contributed by atoms with E-state index in [-0.39, 0.29) is 11.9 Å². The predicted octanol–water partition coefficient (Wildman–Crippen LogP) is 1.09. The van der Waals surface area contributed by atoms with Crippen LogP contribution in [0.15, 0.2) is 12.5 Å². The fraction of sp³-hybridized carbons (Fsp3) is 0.583. The van der Waals surface area contributed by atoms with E-state index in [0.29, 0.717) is 17.2 Å². The van der Waals surface area contributed by atoms with Crippen LogP contribution in [-0.4, -0.2) is 37.9 Å². The van der Waals surface area contributed by atoms with Gasteiger partial charge in [-0.2, -0.15) is 0 Å². The minimum atomic E-state index is -0.0738. The molecular formula is C12H18N4OS. The van der Waals surface area contributed by atoms with Crippen molar-refractivity contribution < 1.29 is 4.79 Å². The van der Waals surface area contributed by atoms with Crippen LogP contribution < -0.4 is 5.73 Å². The van der Waals surface area contributed by atoms with E-state index in [1.54, 1.807) is 22.0 Å². The molecule has 1 aliphatic carbocycles. The van der Waals surface area contributed by atoms with Gasteiger partial charge in [-0.05, 0) is 12.8 Å². The van der Waals surface area contributed by atoms with Gasteiger partial charge >= 0.3 is 0 Å². The number of nitrogens with zero attached hydrogens (tertiary/aromatic N) is 3. The fourth-order valence-electron chi connectivity index (χ4n) is 2.42. The Bertz CT molecular complexity index is 451. The largest absolute Gasteiger partial charge is 0.392 e. The predicted molar refractivity (Wildman–Crippen MR) is 73.3 cm³/mol. The minimum absolute atomic E-state index is 0.0738.